The predicted molar refractivity (Wildman–Crippen MR) is 121 cm³/mol. The number of benzene rings is 1. The summed E-state index contributed by atoms with van der Waals surface area (Å²) in [6.45, 7) is 3.75. The Balaban J connectivity index is 1.72. The van der Waals surface area contributed by atoms with Crippen LogP contribution in [0.3, 0.4) is 0 Å². The lowest BCUT2D eigenvalue weighted by molar-refractivity contribution is -0.137. The second kappa shape index (κ2) is 9.12. The number of hydrogen-bond acceptors (Lipinski definition) is 6. The summed E-state index contributed by atoms with van der Waals surface area (Å²) in [7, 11) is 0. The standard InChI is InChI=1S/C24H24F3N5O3/c1-23(2,22(28)34)11-14-5-6-16(24(25,26)27)15(9-14)21-29-18(10-19(33)30-21)17-7-8-20(32-31-17)35-12-13-3-4-13/h5-10,13H,3-4,11-12H2,1-2H3,(H2,28,34)(H,29,30,33). The van der Waals surface area contributed by atoms with Gasteiger partial charge in [-0.05, 0) is 48.9 Å². The Kier molecular flexibility index (Phi) is 6.35. The zero-order chi connectivity index (χ0) is 25.4. The first-order valence-corrected chi connectivity index (χ1v) is 11.0. The Hall–Kier alpha value is -3.76. The Labute approximate surface area is 198 Å². The molecule has 0 aliphatic heterocycles. The minimum absolute atomic E-state index is 0.0565. The topological polar surface area (TPSA) is 124 Å². The average molecular weight is 487 g/mol. The molecule has 0 saturated heterocycles. The van der Waals surface area contributed by atoms with E-state index < -0.39 is 28.6 Å². The molecule has 1 saturated carbocycles. The Bertz CT molecular complexity index is 1300. The number of nitrogens with zero attached hydrogens (tertiary/aromatic N) is 3. The zero-order valence-corrected chi connectivity index (χ0v) is 19.1. The van der Waals surface area contributed by atoms with Crippen LogP contribution in [0.5, 0.6) is 5.88 Å². The molecule has 35 heavy (non-hydrogen) atoms. The van der Waals surface area contributed by atoms with Crippen LogP contribution in [0, 0.1) is 11.3 Å². The van der Waals surface area contributed by atoms with Crippen LogP contribution in [-0.2, 0) is 17.4 Å². The molecule has 1 aromatic carbocycles. The predicted octanol–water partition coefficient (Wildman–Crippen LogP) is 3.76. The van der Waals surface area contributed by atoms with Crippen LogP contribution in [0.25, 0.3) is 22.8 Å². The summed E-state index contributed by atoms with van der Waals surface area (Å²) in [6, 6.07) is 7.69. The van der Waals surface area contributed by atoms with E-state index in [0.29, 0.717) is 24.0 Å². The number of nitrogens with two attached hydrogens (primary N) is 1. The van der Waals surface area contributed by atoms with Crippen molar-refractivity contribution in [3.8, 4) is 28.7 Å². The molecular formula is C24H24F3N5O3. The largest absolute Gasteiger partial charge is 0.476 e. The summed E-state index contributed by atoms with van der Waals surface area (Å²) in [5.74, 6) is -0.0274. The van der Waals surface area contributed by atoms with Gasteiger partial charge in [0.15, 0.2) is 0 Å². The fourth-order valence-electron chi connectivity index (χ4n) is 3.48. The second-order valence-electron chi connectivity index (χ2n) is 9.29. The average Bonchev–Trinajstić information content (AvgIpc) is 3.61. The molecular weight excluding hydrogens is 463 g/mol. The van der Waals surface area contributed by atoms with Crippen molar-refractivity contribution in [1.82, 2.24) is 20.2 Å². The van der Waals surface area contributed by atoms with Crippen molar-refractivity contribution in [2.24, 2.45) is 17.1 Å². The van der Waals surface area contributed by atoms with Gasteiger partial charge in [0.1, 0.15) is 11.5 Å². The molecule has 184 valence electrons. The number of ether oxygens (including phenoxy) is 1. The number of carbonyl (C=O) groups excluding carboxylic acids is 1. The van der Waals surface area contributed by atoms with Crippen molar-refractivity contribution < 1.29 is 22.7 Å². The number of halogens is 3. The van der Waals surface area contributed by atoms with Gasteiger partial charge in [0.25, 0.3) is 5.56 Å². The number of hydrogen-bond donors (Lipinski definition) is 2. The molecule has 3 N–H and O–H groups in total. The number of nitrogens with one attached hydrogen (secondary N) is 1. The van der Waals surface area contributed by atoms with Crippen LogP contribution >= 0.6 is 0 Å². The van der Waals surface area contributed by atoms with Crippen molar-refractivity contribution in [3.63, 3.8) is 0 Å². The van der Waals surface area contributed by atoms with E-state index in [0.717, 1.165) is 25.0 Å². The van der Waals surface area contributed by atoms with E-state index in [1.165, 1.54) is 18.2 Å². The van der Waals surface area contributed by atoms with Crippen molar-refractivity contribution in [2.45, 2.75) is 39.3 Å². The first-order chi connectivity index (χ1) is 16.4. The molecule has 0 bridgehead atoms. The third-order valence-electron chi connectivity index (χ3n) is 5.77. The molecule has 11 heteroatoms. The summed E-state index contributed by atoms with van der Waals surface area (Å²) in [5, 5.41) is 7.98. The minimum atomic E-state index is -4.71. The lowest BCUT2D eigenvalue weighted by Gasteiger charge is -2.21. The minimum Gasteiger partial charge on any atom is -0.476 e. The highest BCUT2D eigenvalue weighted by molar-refractivity contribution is 5.80. The number of aromatic amines is 1. The fraction of sp³-hybridized carbons (Fsp3) is 0.375. The van der Waals surface area contributed by atoms with Crippen molar-refractivity contribution >= 4 is 5.91 Å². The molecule has 2 heterocycles. The highest BCUT2D eigenvalue weighted by Gasteiger charge is 2.35. The number of primary amides is 1. The summed E-state index contributed by atoms with van der Waals surface area (Å²) in [4.78, 5) is 30.7. The van der Waals surface area contributed by atoms with Crippen LogP contribution in [0.2, 0.25) is 0 Å². The third-order valence-corrected chi connectivity index (χ3v) is 5.77. The Morgan fingerprint density at radius 3 is 2.46 bits per heavy atom. The first kappa shape index (κ1) is 24.4. The van der Waals surface area contributed by atoms with Crippen molar-refractivity contribution in [2.75, 3.05) is 6.61 Å². The van der Waals surface area contributed by atoms with E-state index in [4.69, 9.17) is 10.5 Å². The highest BCUT2D eigenvalue weighted by Crippen LogP contribution is 2.37. The molecule has 3 aromatic rings. The lowest BCUT2D eigenvalue weighted by Crippen LogP contribution is -2.33. The van der Waals surface area contributed by atoms with Gasteiger partial charge < -0.3 is 15.5 Å². The van der Waals surface area contributed by atoms with E-state index in [2.05, 4.69) is 20.2 Å². The van der Waals surface area contributed by atoms with Crippen LogP contribution in [0.15, 0.2) is 41.2 Å². The molecule has 8 nitrogen and oxygen atoms in total. The van der Waals surface area contributed by atoms with E-state index in [1.54, 1.807) is 19.9 Å². The van der Waals surface area contributed by atoms with Gasteiger partial charge in [-0.1, -0.05) is 19.9 Å². The van der Waals surface area contributed by atoms with Gasteiger partial charge in [-0.3, -0.25) is 9.59 Å². The molecule has 1 aliphatic rings. The maximum absolute atomic E-state index is 13.8. The molecule has 1 aliphatic carbocycles. The lowest BCUT2D eigenvalue weighted by atomic mass is 9.84. The van der Waals surface area contributed by atoms with Gasteiger partial charge in [0.2, 0.25) is 11.8 Å². The van der Waals surface area contributed by atoms with Gasteiger partial charge in [0, 0.05) is 23.1 Å². The molecule has 0 unspecified atom stereocenters. The molecule has 4 rings (SSSR count). The number of amides is 1. The molecule has 1 fully saturated rings. The molecule has 1 amide bonds. The Morgan fingerprint density at radius 1 is 1.11 bits per heavy atom. The fourth-order valence-corrected chi connectivity index (χ4v) is 3.48. The Morgan fingerprint density at radius 2 is 1.86 bits per heavy atom. The van der Waals surface area contributed by atoms with Crippen LogP contribution in [0.1, 0.15) is 37.8 Å². The number of alkyl halides is 3. The number of carbonyl (C=O) groups is 1. The van der Waals surface area contributed by atoms with E-state index in [1.807, 2.05) is 0 Å². The summed E-state index contributed by atoms with van der Waals surface area (Å²) in [5.41, 5.74) is 3.16. The van der Waals surface area contributed by atoms with Gasteiger partial charge >= 0.3 is 6.18 Å². The SMILES string of the molecule is CC(C)(Cc1ccc(C(F)(F)F)c(-c2nc(-c3ccc(OCC4CC4)nn3)cc(=O)[nH]2)c1)C(N)=O. The normalized spacial score (nSPS) is 14.1. The van der Waals surface area contributed by atoms with Crippen molar-refractivity contribution in [1.29, 1.82) is 0 Å². The number of aromatic nitrogens is 4. The quantitative estimate of drug-likeness (QED) is 0.499. The molecule has 0 atom stereocenters. The van der Waals surface area contributed by atoms with Gasteiger partial charge in [-0.2, -0.15) is 13.2 Å². The van der Waals surface area contributed by atoms with Crippen LogP contribution < -0.4 is 16.0 Å². The smallest absolute Gasteiger partial charge is 0.417 e. The van der Waals surface area contributed by atoms with Gasteiger partial charge in [0.05, 0.1) is 17.9 Å². The number of H-pyrrole nitrogens is 1. The van der Waals surface area contributed by atoms with E-state index >= 15 is 0 Å². The summed E-state index contributed by atoms with van der Waals surface area (Å²) < 4.78 is 47.0. The summed E-state index contributed by atoms with van der Waals surface area (Å²) >= 11 is 0. The molecule has 0 spiro atoms. The van der Waals surface area contributed by atoms with E-state index in [-0.39, 0.29) is 29.2 Å². The highest BCUT2D eigenvalue weighted by atomic mass is 19.4. The third kappa shape index (κ3) is 5.84. The van der Waals surface area contributed by atoms with Crippen LogP contribution in [-0.4, -0.2) is 32.7 Å². The molecule has 0 radical (unpaired) electrons. The van der Waals surface area contributed by atoms with E-state index in [9.17, 15) is 22.8 Å². The maximum Gasteiger partial charge on any atom is 0.417 e. The maximum atomic E-state index is 13.8. The number of rotatable bonds is 8. The van der Waals surface area contributed by atoms with Gasteiger partial charge in [-0.15, -0.1) is 10.2 Å². The summed E-state index contributed by atoms with van der Waals surface area (Å²) in [6.07, 6.45) is -2.37. The van der Waals surface area contributed by atoms with Gasteiger partial charge in [-0.25, -0.2) is 4.98 Å². The zero-order valence-electron chi connectivity index (χ0n) is 19.1. The first-order valence-electron chi connectivity index (χ1n) is 11.0. The monoisotopic (exact) mass is 487 g/mol. The molecule has 2 aromatic heterocycles. The van der Waals surface area contributed by atoms with Crippen LogP contribution in [0.4, 0.5) is 13.2 Å². The van der Waals surface area contributed by atoms with Crippen molar-refractivity contribution in [3.05, 3.63) is 57.9 Å². The second-order valence-corrected chi connectivity index (χ2v) is 9.29.